The predicted molar refractivity (Wildman–Crippen MR) is 81.6 cm³/mol. The Morgan fingerprint density at radius 3 is 2.64 bits per heavy atom. The average Bonchev–Trinajstić information content (AvgIpc) is 2.77. The third-order valence-electron chi connectivity index (χ3n) is 4.79. The van der Waals surface area contributed by atoms with E-state index in [9.17, 15) is 9.59 Å². The molecule has 0 spiro atoms. The molecule has 0 radical (unpaired) electrons. The van der Waals surface area contributed by atoms with Crippen molar-refractivity contribution in [2.45, 2.75) is 58.4 Å². The Balaban J connectivity index is 2.58. The molecule has 2 rings (SSSR count). The highest BCUT2D eigenvalue weighted by Gasteiger charge is 2.51. The SMILES string of the molecule is CCC1(CC)O[C@H](n2cc(C)c(=O)[nH]c2=O)C(N=[N+]=[N-])[C@H]1C. The van der Waals surface area contributed by atoms with Crippen molar-refractivity contribution in [1.29, 1.82) is 0 Å². The van der Waals surface area contributed by atoms with E-state index < -0.39 is 29.1 Å². The van der Waals surface area contributed by atoms with E-state index in [2.05, 4.69) is 15.0 Å². The van der Waals surface area contributed by atoms with Crippen LogP contribution in [-0.2, 0) is 4.74 Å². The second kappa shape index (κ2) is 5.98. The van der Waals surface area contributed by atoms with Gasteiger partial charge in [-0.2, -0.15) is 0 Å². The molecule has 0 aromatic carbocycles. The summed E-state index contributed by atoms with van der Waals surface area (Å²) >= 11 is 0. The number of rotatable bonds is 4. The number of azide groups is 1. The van der Waals surface area contributed by atoms with E-state index in [1.165, 1.54) is 10.8 Å². The van der Waals surface area contributed by atoms with E-state index in [0.29, 0.717) is 5.56 Å². The highest BCUT2D eigenvalue weighted by atomic mass is 16.5. The van der Waals surface area contributed by atoms with Crippen molar-refractivity contribution >= 4 is 0 Å². The molecule has 22 heavy (non-hydrogen) atoms. The molecule has 1 N–H and O–H groups in total. The molecule has 8 nitrogen and oxygen atoms in total. The highest BCUT2D eigenvalue weighted by molar-refractivity contribution is 5.06. The van der Waals surface area contributed by atoms with Crippen LogP contribution in [0.3, 0.4) is 0 Å². The van der Waals surface area contributed by atoms with E-state index in [4.69, 9.17) is 10.3 Å². The van der Waals surface area contributed by atoms with E-state index in [1.54, 1.807) is 6.92 Å². The molecule has 0 bridgehead atoms. The summed E-state index contributed by atoms with van der Waals surface area (Å²) in [5, 5.41) is 3.85. The number of nitrogens with zero attached hydrogens (tertiary/aromatic N) is 4. The molecular weight excluding hydrogens is 286 g/mol. The Kier molecular flexibility index (Phi) is 4.44. The summed E-state index contributed by atoms with van der Waals surface area (Å²) in [5.74, 6) is -0.0393. The first kappa shape index (κ1) is 16.3. The summed E-state index contributed by atoms with van der Waals surface area (Å²) in [7, 11) is 0. The van der Waals surface area contributed by atoms with Gasteiger partial charge in [0.2, 0.25) is 0 Å². The minimum atomic E-state index is -0.714. The average molecular weight is 307 g/mol. The lowest BCUT2D eigenvalue weighted by Gasteiger charge is -2.31. The summed E-state index contributed by atoms with van der Waals surface area (Å²) in [6.45, 7) is 7.60. The Morgan fingerprint density at radius 2 is 2.09 bits per heavy atom. The van der Waals surface area contributed by atoms with E-state index in [1.807, 2.05) is 20.8 Å². The fourth-order valence-corrected chi connectivity index (χ4v) is 3.25. The zero-order valence-corrected chi connectivity index (χ0v) is 13.2. The van der Waals surface area contributed by atoms with Crippen LogP contribution in [0.25, 0.3) is 10.4 Å². The van der Waals surface area contributed by atoms with Crippen molar-refractivity contribution in [3.8, 4) is 0 Å². The number of hydrogen-bond donors (Lipinski definition) is 1. The number of aromatic amines is 1. The number of hydrogen-bond acceptors (Lipinski definition) is 4. The molecule has 1 saturated heterocycles. The number of aromatic nitrogens is 2. The van der Waals surface area contributed by atoms with Crippen LogP contribution in [0.5, 0.6) is 0 Å². The smallest absolute Gasteiger partial charge is 0.330 e. The molecule has 1 aliphatic heterocycles. The summed E-state index contributed by atoms with van der Waals surface area (Å²) in [5.41, 5.74) is 7.82. The predicted octanol–water partition coefficient (Wildman–Crippen LogP) is 2.25. The van der Waals surface area contributed by atoms with E-state index >= 15 is 0 Å². The molecule has 1 fully saturated rings. The zero-order chi connectivity index (χ0) is 16.5. The molecule has 1 aromatic heterocycles. The van der Waals surface area contributed by atoms with Crippen molar-refractivity contribution < 1.29 is 4.74 Å². The van der Waals surface area contributed by atoms with Gasteiger partial charge in [-0.05, 0) is 31.2 Å². The Hall–Kier alpha value is -2.05. The Labute approximate surface area is 127 Å². The van der Waals surface area contributed by atoms with Crippen LogP contribution in [0.1, 0.15) is 45.4 Å². The maximum Gasteiger partial charge on any atom is 0.330 e. The summed E-state index contributed by atoms with van der Waals surface area (Å²) < 4.78 is 7.48. The van der Waals surface area contributed by atoms with Gasteiger partial charge >= 0.3 is 5.69 Å². The maximum absolute atomic E-state index is 12.1. The lowest BCUT2D eigenvalue weighted by molar-refractivity contribution is -0.0900. The molecule has 120 valence electrons. The first-order valence-corrected chi connectivity index (χ1v) is 7.44. The molecule has 8 heteroatoms. The second-order valence-corrected chi connectivity index (χ2v) is 5.74. The Bertz CT molecular complexity index is 712. The molecule has 1 aromatic rings. The number of aryl methyl sites for hydroxylation is 1. The van der Waals surface area contributed by atoms with Crippen molar-refractivity contribution in [2.75, 3.05) is 0 Å². The minimum absolute atomic E-state index is 0.0393. The lowest BCUT2D eigenvalue weighted by Crippen LogP contribution is -2.36. The summed E-state index contributed by atoms with van der Waals surface area (Å²) in [6, 6.07) is -0.507. The van der Waals surface area contributed by atoms with Gasteiger partial charge in [0.15, 0.2) is 0 Å². The summed E-state index contributed by atoms with van der Waals surface area (Å²) in [4.78, 5) is 28.8. The van der Waals surface area contributed by atoms with Gasteiger partial charge in [-0.15, -0.1) is 0 Å². The quantitative estimate of drug-likeness (QED) is 0.522. The van der Waals surface area contributed by atoms with Crippen molar-refractivity contribution in [2.24, 2.45) is 11.0 Å². The highest BCUT2D eigenvalue weighted by Crippen LogP contribution is 2.46. The van der Waals surface area contributed by atoms with Gasteiger partial charge in [0.25, 0.3) is 5.56 Å². The third-order valence-corrected chi connectivity index (χ3v) is 4.79. The van der Waals surface area contributed by atoms with Crippen molar-refractivity contribution in [1.82, 2.24) is 9.55 Å². The molecule has 0 amide bonds. The Morgan fingerprint density at radius 1 is 1.45 bits per heavy atom. The van der Waals surface area contributed by atoms with Crippen molar-refractivity contribution in [3.63, 3.8) is 0 Å². The first-order chi connectivity index (χ1) is 10.4. The third kappa shape index (κ3) is 2.44. The molecule has 1 unspecified atom stereocenters. The van der Waals surface area contributed by atoms with Crippen LogP contribution in [-0.4, -0.2) is 21.2 Å². The second-order valence-electron chi connectivity index (χ2n) is 5.74. The lowest BCUT2D eigenvalue weighted by atomic mass is 9.82. The van der Waals surface area contributed by atoms with Crippen LogP contribution in [0.4, 0.5) is 0 Å². The zero-order valence-electron chi connectivity index (χ0n) is 13.2. The molecule has 0 aliphatic carbocycles. The van der Waals surface area contributed by atoms with Crippen molar-refractivity contribution in [3.05, 3.63) is 43.0 Å². The monoisotopic (exact) mass is 307 g/mol. The fourth-order valence-electron chi connectivity index (χ4n) is 3.25. The van der Waals surface area contributed by atoms with Crippen LogP contribution < -0.4 is 11.2 Å². The van der Waals surface area contributed by atoms with Crippen LogP contribution >= 0.6 is 0 Å². The largest absolute Gasteiger partial charge is 0.351 e. The van der Waals surface area contributed by atoms with Gasteiger partial charge in [0.05, 0.1) is 11.6 Å². The molecule has 3 atom stereocenters. The van der Waals surface area contributed by atoms with Crippen LogP contribution in [0.15, 0.2) is 20.9 Å². The number of ether oxygens (including phenoxy) is 1. The van der Waals surface area contributed by atoms with Gasteiger partial charge < -0.3 is 4.74 Å². The van der Waals surface area contributed by atoms with Gasteiger partial charge in [-0.25, -0.2) is 4.79 Å². The standard InChI is InChI=1S/C14H21N5O3/c1-5-14(6-2)9(4)10(17-18-15)12(22-14)19-7-8(3)11(20)16-13(19)21/h7,9-10,12H,5-6H2,1-4H3,(H,16,20,21)/t9-,10?,12+/m1/s1. The minimum Gasteiger partial charge on any atom is -0.351 e. The first-order valence-electron chi connectivity index (χ1n) is 7.44. The van der Waals surface area contributed by atoms with Gasteiger partial charge in [0.1, 0.15) is 6.23 Å². The fraction of sp³-hybridized carbons (Fsp3) is 0.714. The number of nitrogens with one attached hydrogen (secondary N) is 1. The van der Waals surface area contributed by atoms with Gasteiger partial charge in [-0.1, -0.05) is 25.9 Å². The van der Waals surface area contributed by atoms with Crippen LogP contribution in [0, 0.1) is 12.8 Å². The molecular formula is C14H21N5O3. The summed E-state index contributed by atoms with van der Waals surface area (Å²) in [6.07, 6.45) is 2.24. The number of H-pyrrole nitrogens is 1. The van der Waals surface area contributed by atoms with Crippen LogP contribution in [0.2, 0.25) is 0 Å². The van der Waals surface area contributed by atoms with E-state index in [-0.39, 0.29) is 5.92 Å². The molecule has 0 saturated carbocycles. The van der Waals surface area contributed by atoms with Gasteiger partial charge in [-0.3, -0.25) is 14.3 Å². The topological polar surface area (TPSA) is 113 Å². The molecule has 2 heterocycles. The maximum atomic E-state index is 12.1. The van der Waals surface area contributed by atoms with Gasteiger partial charge in [0, 0.05) is 16.7 Å². The van der Waals surface area contributed by atoms with E-state index in [0.717, 1.165) is 12.8 Å². The molecule has 1 aliphatic rings. The normalized spacial score (nSPS) is 26.6.